The third kappa shape index (κ3) is 2.46. The van der Waals surface area contributed by atoms with E-state index in [1.807, 2.05) is 0 Å². The van der Waals surface area contributed by atoms with Crippen molar-refractivity contribution in [2.45, 2.75) is 18.5 Å². The second-order valence-electron chi connectivity index (χ2n) is 3.11. The summed E-state index contributed by atoms with van der Waals surface area (Å²) in [6.45, 7) is 0. The minimum Gasteiger partial charge on any atom is -0.469 e. The Kier molecular flexibility index (Phi) is 3.56. The number of β-lactam (4-membered cyclic amide) rings is 1. The van der Waals surface area contributed by atoms with E-state index in [1.165, 1.54) is 0 Å². The van der Waals surface area contributed by atoms with Crippen molar-refractivity contribution in [2.24, 2.45) is 5.11 Å². The molecule has 0 aliphatic carbocycles. The van der Waals surface area contributed by atoms with Crippen molar-refractivity contribution in [1.29, 1.82) is 0 Å². The number of nitrogens with zero attached hydrogens (tertiary/aromatic N) is 4. The van der Waals surface area contributed by atoms with Crippen molar-refractivity contribution in [3.8, 4) is 0 Å². The molecule has 94 valence electrons. The van der Waals surface area contributed by atoms with Crippen LogP contribution in [0, 0.1) is 0 Å². The fraction of sp³-hybridized carbons (Fsp3) is 0.667. The molecule has 1 amide bonds. The second-order valence-corrected chi connectivity index (χ2v) is 4.40. The lowest BCUT2D eigenvalue weighted by atomic mass is 9.97. The molecule has 1 N–H and O–H groups in total. The van der Waals surface area contributed by atoms with Crippen LogP contribution >= 0.6 is 0 Å². The molecule has 0 aromatic heterocycles. The van der Waals surface area contributed by atoms with Crippen molar-refractivity contribution in [3.63, 3.8) is 0 Å². The smallest absolute Gasteiger partial charge is 0.362 e. The van der Waals surface area contributed by atoms with Crippen molar-refractivity contribution in [1.82, 2.24) is 4.31 Å². The Morgan fingerprint density at radius 3 is 2.71 bits per heavy atom. The Hall–Kier alpha value is -1.84. The number of amides is 1. The first-order valence-corrected chi connectivity index (χ1v) is 5.64. The molecule has 11 heteroatoms. The molecule has 0 aromatic carbocycles. The molecule has 0 aromatic rings. The zero-order chi connectivity index (χ0) is 13.2. The molecule has 2 atom stereocenters. The van der Waals surface area contributed by atoms with Gasteiger partial charge in [-0.25, -0.2) is 4.31 Å². The van der Waals surface area contributed by atoms with Gasteiger partial charge in [-0.05, 0) is 5.53 Å². The number of esters is 1. The average molecular weight is 264 g/mol. The second kappa shape index (κ2) is 4.57. The maximum Gasteiger partial charge on any atom is 0.362 e. The van der Waals surface area contributed by atoms with Crippen LogP contribution in [0.2, 0.25) is 0 Å². The van der Waals surface area contributed by atoms with Gasteiger partial charge in [0.15, 0.2) is 0 Å². The Bertz CT molecular complexity index is 495. The van der Waals surface area contributed by atoms with Gasteiger partial charge in [0.25, 0.3) is 0 Å². The monoisotopic (exact) mass is 264 g/mol. The van der Waals surface area contributed by atoms with Crippen molar-refractivity contribution >= 4 is 22.2 Å². The molecule has 0 spiro atoms. The molecule has 0 saturated carbocycles. The summed E-state index contributed by atoms with van der Waals surface area (Å²) in [5.41, 5.74) is 8.18. The lowest BCUT2D eigenvalue weighted by molar-refractivity contribution is -0.148. The Morgan fingerprint density at radius 2 is 2.29 bits per heavy atom. The van der Waals surface area contributed by atoms with E-state index in [4.69, 9.17) is 10.1 Å². The molecule has 0 unspecified atom stereocenters. The minimum atomic E-state index is -4.78. The van der Waals surface area contributed by atoms with Gasteiger partial charge in [0, 0.05) is 4.91 Å². The molecule has 1 aliphatic heterocycles. The van der Waals surface area contributed by atoms with Crippen molar-refractivity contribution in [2.75, 3.05) is 7.11 Å². The van der Waals surface area contributed by atoms with Gasteiger partial charge < -0.3 is 4.74 Å². The summed E-state index contributed by atoms with van der Waals surface area (Å²) < 4.78 is 34.8. The Labute approximate surface area is 95.7 Å². The summed E-state index contributed by atoms with van der Waals surface area (Å²) in [6.07, 6.45) is -0.494. The van der Waals surface area contributed by atoms with Crippen LogP contribution in [0.5, 0.6) is 0 Å². The van der Waals surface area contributed by atoms with Gasteiger partial charge in [-0.2, -0.15) is 8.42 Å². The lowest BCUT2D eigenvalue weighted by Crippen LogP contribution is -2.65. The number of hydrogen-bond donors (Lipinski definition) is 1. The molecule has 1 heterocycles. The molecule has 1 aliphatic rings. The number of carbonyl (C=O) groups excluding carboxylic acids is 2. The molecule has 17 heavy (non-hydrogen) atoms. The third-order valence-electron chi connectivity index (χ3n) is 2.16. The van der Waals surface area contributed by atoms with Crippen molar-refractivity contribution < 1.29 is 27.3 Å². The highest BCUT2D eigenvalue weighted by atomic mass is 32.2. The van der Waals surface area contributed by atoms with E-state index in [2.05, 4.69) is 14.8 Å². The van der Waals surface area contributed by atoms with E-state index in [-0.39, 0.29) is 4.31 Å². The average Bonchev–Trinajstić information content (AvgIpc) is 2.22. The van der Waals surface area contributed by atoms with Crippen LogP contribution in [0.4, 0.5) is 0 Å². The highest BCUT2D eigenvalue weighted by Gasteiger charge is 2.53. The summed E-state index contributed by atoms with van der Waals surface area (Å²) >= 11 is 0. The summed E-state index contributed by atoms with van der Waals surface area (Å²) in [5, 5.41) is 3.05. The molecular formula is C6H8N4O6S. The predicted octanol–water partition coefficient (Wildman–Crippen LogP) is -0.758. The SMILES string of the molecule is COC(=O)C[C@H]1[C@H](N=[N+]=[N-])C(=O)N1S(=O)(=O)O. The number of hydrogen-bond acceptors (Lipinski definition) is 6. The predicted molar refractivity (Wildman–Crippen MR) is 51.7 cm³/mol. The Balaban J connectivity index is 2.97. The molecule has 10 nitrogen and oxygen atoms in total. The molecule has 0 radical (unpaired) electrons. The van der Waals surface area contributed by atoms with Gasteiger partial charge in [-0.3, -0.25) is 14.1 Å². The molecule has 0 bridgehead atoms. The zero-order valence-electron chi connectivity index (χ0n) is 8.55. The summed E-state index contributed by atoms with van der Waals surface area (Å²) in [7, 11) is -3.70. The first-order valence-electron chi connectivity index (χ1n) is 4.24. The van der Waals surface area contributed by atoms with Crippen LogP contribution in [-0.4, -0.2) is 48.3 Å². The van der Waals surface area contributed by atoms with Gasteiger partial charge in [0.2, 0.25) is 5.91 Å². The van der Waals surface area contributed by atoms with Crippen LogP contribution in [0.15, 0.2) is 5.11 Å². The number of ether oxygens (including phenoxy) is 1. The Morgan fingerprint density at radius 1 is 1.71 bits per heavy atom. The largest absolute Gasteiger partial charge is 0.469 e. The summed E-state index contributed by atoms with van der Waals surface area (Å²) in [5.74, 6) is -1.88. The normalized spacial score (nSPS) is 23.6. The van der Waals surface area contributed by atoms with Crippen LogP contribution in [0.25, 0.3) is 10.4 Å². The van der Waals surface area contributed by atoms with Gasteiger partial charge in [-0.1, -0.05) is 5.11 Å². The van der Waals surface area contributed by atoms with Crippen LogP contribution in [0.3, 0.4) is 0 Å². The standard InChI is InChI=1S/C6H8N4O6S/c1-16-4(11)2-3-5(8-9-7)6(12)10(3)17(13,14)15/h3,5H,2H2,1H3,(H,13,14,15)/t3-,5-/m0/s1. The number of carbonyl (C=O) groups is 2. The first kappa shape index (κ1) is 13.2. The molecule has 1 fully saturated rings. The van der Waals surface area contributed by atoms with Gasteiger partial charge in [0.05, 0.1) is 19.6 Å². The van der Waals surface area contributed by atoms with Crippen LogP contribution < -0.4 is 0 Å². The molecule has 1 rings (SSSR count). The maximum absolute atomic E-state index is 11.2. The molecule has 1 saturated heterocycles. The maximum atomic E-state index is 11.2. The summed E-state index contributed by atoms with van der Waals surface area (Å²) in [6, 6.07) is -2.58. The highest BCUT2D eigenvalue weighted by Crippen LogP contribution is 2.28. The summed E-state index contributed by atoms with van der Waals surface area (Å²) in [4.78, 5) is 24.6. The number of rotatable bonds is 4. The zero-order valence-corrected chi connectivity index (χ0v) is 9.36. The van der Waals surface area contributed by atoms with E-state index in [0.717, 1.165) is 7.11 Å². The molecular weight excluding hydrogens is 256 g/mol. The highest BCUT2D eigenvalue weighted by molar-refractivity contribution is 7.84. The van der Waals surface area contributed by atoms with Gasteiger partial charge in [0.1, 0.15) is 6.04 Å². The van der Waals surface area contributed by atoms with Crippen LogP contribution in [-0.2, 0) is 24.6 Å². The number of methoxy groups -OCH3 is 1. The van der Waals surface area contributed by atoms with Crippen LogP contribution in [0.1, 0.15) is 6.42 Å². The third-order valence-corrected chi connectivity index (χ3v) is 3.11. The van der Waals surface area contributed by atoms with E-state index < -0.39 is 40.7 Å². The lowest BCUT2D eigenvalue weighted by Gasteiger charge is -2.41. The van der Waals surface area contributed by atoms with Gasteiger partial charge >= 0.3 is 16.3 Å². The topological polar surface area (TPSA) is 150 Å². The van der Waals surface area contributed by atoms with Crippen molar-refractivity contribution in [3.05, 3.63) is 10.4 Å². The fourth-order valence-corrected chi connectivity index (χ4v) is 2.29. The van der Waals surface area contributed by atoms with E-state index in [1.54, 1.807) is 0 Å². The number of azide groups is 1. The fourth-order valence-electron chi connectivity index (χ4n) is 1.42. The first-order chi connectivity index (χ1) is 7.82. The van der Waals surface area contributed by atoms with E-state index >= 15 is 0 Å². The van der Waals surface area contributed by atoms with E-state index in [0.29, 0.717) is 0 Å². The van der Waals surface area contributed by atoms with E-state index in [9.17, 15) is 18.0 Å². The quantitative estimate of drug-likeness (QED) is 0.176. The van der Waals surface area contributed by atoms with Gasteiger partial charge in [-0.15, -0.1) is 0 Å². The minimum absolute atomic E-state index is 0.0866.